The van der Waals surface area contributed by atoms with Crippen molar-refractivity contribution >= 4 is 52.8 Å². The second-order valence-corrected chi connectivity index (χ2v) is 6.08. The van der Waals surface area contributed by atoms with Crippen molar-refractivity contribution in [3.8, 4) is 0 Å². The van der Waals surface area contributed by atoms with Gasteiger partial charge >= 0.3 is 64.3 Å². The second-order valence-electron chi connectivity index (χ2n) is 1.17. The summed E-state index contributed by atoms with van der Waals surface area (Å²) < 4.78 is 0. The zero-order valence-electron chi connectivity index (χ0n) is 4.20. The van der Waals surface area contributed by atoms with Crippen LogP contribution in [-0.4, -0.2) is 24.6 Å². The van der Waals surface area contributed by atoms with Crippen LogP contribution in [0.4, 0.5) is 0 Å². The zero-order valence-corrected chi connectivity index (χ0v) is 7.47. The third kappa shape index (κ3) is 7.01. The fraction of sp³-hybridized carbons (Fsp3) is 1.00. The molecule has 0 aromatic rings. The Morgan fingerprint density at radius 3 is 1.38 bits per heavy atom. The van der Waals surface area contributed by atoms with Gasteiger partial charge in [-0.25, -0.2) is 0 Å². The van der Waals surface area contributed by atoms with Crippen molar-refractivity contribution < 1.29 is 0 Å². The van der Waals surface area contributed by atoms with Crippen LogP contribution in [0, 0.1) is 0 Å². The van der Waals surface area contributed by atoms with Gasteiger partial charge in [-0.15, -0.1) is 0 Å². The maximum absolute atomic E-state index is 5.29. The van der Waals surface area contributed by atoms with E-state index in [0.29, 0.717) is 0 Å². The van der Waals surface area contributed by atoms with Gasteiger partial charge in [-0.1, -0.05) is 0 Å². The fourth-order valence-electron chi connectivity index (χ4n) is 0.164. The quantitative estimate of drug-likeness (QED) is 0.487. The average molecular weight is 178 g/mol. The Kier molecular flexibility index (Phi) is 5.46. The van der Waals surface area contributed by atoms with E-state index in [1.54, 1.807) is 0 Å². The molecule has 0 unspecified atom stereocenters. The summed E-state index contributed by atoms with van der Waals surface area (Å²) >= 11 is 9.41. The summed E-state index contributed by atoms with van der Waals surface area (Å²) in [5.74, 6) is 1.58. The summed E-state index contributed by atoms with van der Waals surface area (Å²) in [6.45, 7) is 10.6. The monoisotopic (exact) mass is 178 g/mol. The van der Waals surface area contributed by atoms with E-state index in [4.69, 9.17) is 35.4 Å². The van der Waals surface area contributed by atoms with Gasteiger partial charge in [-0.3, -0.25) is 0 Å². The summed E-state index contributed by atoms with van der Waals surface area (Å²) in [6.07, 6.45) is 0. The Bertz CT molecular complexity index is 246. The minimum atomic E-state index is -0.393. The fourth-order valence-corrected chi connectivity index (χ4v) is 2.70. The van der Waals surface area contributed by atoms with E-state index in [0.717, 1.165) is 11.5 Å². The predicted octanol–water partition coefficient (Wildman–Crippen LogP) is -0.686. The van der Waals surface area contributed by atoms with Gasteiger partial charge in [-0.2, -0.15) is 0 Å². The van der Waals surface area contributed by atoms with Crippen molar-refractivity contribution in [1.82, 2.24) is 0 Å². The molecule has 0 saturated carbocycles. The van der Waals surface area contributed by atoms with Gasteiger partial charge in [0.05, 0.1) is 0 Å². The van der Waals surface area contributed by atoms with Crippen LogP contribution in [-0.2, 0) is 39.8 Å². The molecule has 0 atom stereocenters. The first-order chi connectivity index (χ1) is 3.63. The molecule has 0 spiro atoms. The summed E-state index contributed by atoms with van der Waals surface area (Å²) in [4.78, 5) is 0. The average Bonchev–Trinajstić information content (AvgIpc) is 1.61. The van der Waals surface area contributed by atoms with Gasteiger partial charge in [-0.05, 0) is 0 Å². The van der Waals surface area contributed by atoms with Crippen LogP contribution >= 0.6 is 0 Å². The molecule has 0 aromatic carbocycles. The first kappa shape index (κ1) is 9.01. The van der Waals surface area contributed by atoms with Crippen LogP contribution in [0.25, 0.3) is 0 Å². The molecular formula is C2H4B2S4. The van der Waals surface area contributed by atoms with Gasteiger partial charge in [0.15, 0.2) is 0 Å². The molecule has 0 bridgehead atoms. The van der Waals surface area contributed by atoms with E-state index in [1.807, 2.05) is 0 Å². The summed E-state index contributed by atoms with van der Waals surface area (Å²) in [5, 5.41) is 0. The van der Waals surface area contributed by atoms with Gasteiger partial charge in [0.2, 0.25) is 0 Å². The van der Waals surface area contributed by atoms with Crippen LogP contribution < -0.4 is 0 Å². The minimum absolute atomic E-state index is 0.393. The topological polar surface area (TPSA) is 0 Å². The molecule has 0 heterocycles. The van der Waals surface area contributed by atoms with Crippen LogP contribution in [0.2, 0.25) is 0 Å². The molecule has 0 aliphatic carbocycles. The van der Waals surface area contributed by atoms with Crippen molar-refractivity contribution in [2.75, 3.05) is 11.5 Å². The van der Waals surface area contributed by atoms with Crippen LogP contribution in [0.5, 0.6) is 0 Å². The Hall–Kier alpha value is 1.01. The third-order valence-corrected chi connectivity index (χ3v) is 2.96. The van der Waals surface area contributed by atoms with E-state index in [9.17, 15) is 0 Å². The molecule has 0 saturated heterocycles. The van der Waals surface area contributed by atoms with E-state index >= 15 is 0 Å². The van der Waals surface area contributed by atoms with Crippen LogP contribution in [0.15, 0.2) is 0 Å². The van der Waals surface area contributed by atoms with Gasteiger partial charge < -0.3 is 0 Å². The van der Waals surface area contributed by atoms with Crippen molar-refractivity contribution in [3.05, 3.63) is 0 Å². The second kappa shape index (κ2) is 4.85. The van der Waals surface area contributed by atoms with Crippen LogP contribution in [0.3, 0.4) is 0 Å². The van der Waals surface area contributed by atoms with Crippen LogP contribution in [0.1, 0.15) is 0 Å². The predicted molar refractivity (Wildman–Crippen MR) is 50.7 cm³/mol. The first-order valence-corrected chi connectivity index (χ1v) is 6.65. The molecule has 0 nitrogen and oxygen atoms in total. The standard InChI is InChI=1S/C2H4B2S4/c3-7(5)1-2-8(4)6/h1-2H2. The number of rotatable bonds is 1. The van der Waals surface area contributed by atoms with Crippen molar-refractivity contribution in [2.24, 2.45) is 0 Å². The van der Waals surface area contributed by atoms with Crippen molar-refractivity contribution in [3.63, 3.8) is 0 Å². The van der Waals surface area contributed by atoms with Gasteiger partial charge in [0.25, 0.3) is 0 Å². The first-order valence-electron chi connectivity index (χ1n) is 1.88. The SMILES string of the molecule is B#S(=S)CCS(#B)=S. The molecule has 0 amide bonds. The van der Waals surface area contributed by atoms with Gasteiger partial charge in [0.1, 0.15) is 0 Å². The van der Waals surface area contributed by atoms with Gasteiger partial charge in [0, 0.05) is 0 Å². The third-order valence-electron chi connectivity index (χ3n) is 0.486. The summed E-state index contributed by atoms with van der Waals surface area (Å²) in [5.41, 5.74) is 0. The summed E-state index contributed by atoms with van der Waals surface area (Å²) in [7, 11) is -0.785. The molecule has 42 valence electrons. The Labute approximate surface area is 64.2 Å². The molecule has 0 N–H and O–H groups in total. The molecule has 0 aliphatic rings. The normalized spacial score (nSPS) is 9.00. The molecule has 6 heteroatoms. The molecule has 0 radical (unpaired) electrons. The molecule has 0 rings (SSSR count). The molecule has 0 aromatic heterocycles. The number of hydrogen-bond acceptors (Lipinski definition) is 2. The molecule has 8 heavy (non-hydrogen) atoms. The van der Waals surface area contributed by atoms with E-state index in [-0.39, 0.29) is 0 Å². The van der Waals surface area contributed by atoms with Crippen molar-refractivity contribution in [2.45, 2.75) is 0 Å². The summed E-state index contributed by atoms with van der Waals surface area (Å²) in [6, 6.07) is 0. The Balaban J connectivity index is 3.59. The maximum atomic E-state index is 5.29. The molecular weight excluding hydrogens is 174 g/mol. The van der Waals surface area contributed by atoms with E-state index in [1.165, 1.54) is 0 Å². The molecule has 0 aliphatic heterocycles. The zero-order chi connectivity index (χ0) is 6.57. The van der Waals surface area contributed by atoms with E-state index < -0.39 is 17.4 Å². The Morgan fingerprint density at radius 1 is 1.00 bits per heavy atom. The Morgan fingerprint density at radius 2 is 1.25 bits per heavy atom. The number of hydrogen-bond donors (Lipinski definition) is 0. The van der Waals surface area contributed by atoms with E-state index in [2.05, 4.69) is 0 Å². The molecule has 0 fully saturated rings. The van der Waals surface area contributed by atoms with Crippen molar-refractivity contribution in [1.29, 1.82) is 0 Å².